The van der Waals surface area contributed by atoms with E-state index in [4.69, 9.17) is 18.9 Å². The summed E-state index contributed by atoms with van der Waals surface area (Å²) in [5.41, 5.74) is -1.22. The molecule has 282 valence electrons. The number of hydrogen-bond acceptors (Lipinski definition) is 8. The molecular weight excluding hydrogens is 620 g/mol. The van der Waals surface area contributed by atoms with Gasteiger partial charge in [0, 0.05) is 43.6 Å². The lowest BCUT2D eigenvalue weighted by Gasteiger charge is -2.54. The van der Waals surface area contributed by atoms with E-state index in [0.29, 0.717) is 36.3 Å². The lowest BCUT2D eigenvalue weighted by Crippen LogP contribution is -2.55. The Morgan fingerprint density at radius 2 is 1.78 bits per heavy atom. The third-order valence-electron chi connectivity index (χ3n) is 15.7. The summed E-state index contributed by atoms with van der Waals surface area (Å²) < 4.78 is 24.7. The second kappa shape index (κ2) is 13.8. The van der Waals surface area contributed by atoms with Crippen molar-refractivity contribution in [2.24, 2.45) is 51.2 Å². The van der Waals surface area contributed by atoms with Crippen molar-refractivity contribution >= 4 is 6.09 Å². The number of rotatable bonds is 8. The molecule has 49 heavy (non-hydrogen) atoms. The van der Waals surface area contributed by atoms with Crippen LogP contribution in [0.5, 0.6) is 0 Å². The van der Waals surface area contributed by atoms with Gasteiger partial charge in [-0.2, -0.15) is 0 Å². The number of aliphatic hydroxyl groups is 2. The van der Waals surface area contributed by atoms with Gasteiger partial charge in [-0.1, -0.05) is 41.5 Å². The molecule has 4 saturated carbocycles. The standard InChI is InChI=1S/C40H70N2O7/c1-10-47-34(37(6,7)45)28-23-25(2)31-32(48-28)33(43)39(9)26(3)11-12-29-36(4,5)30(14-16-40(29)24-27(40)13-15-38(31,39)8)49-35(44)41-17-18-42-19-21-46-22-20-42/h25-34,43,45H,10-24H2,1-9H3,(H,41,44)/t25-,26?,27?,28?,29+,30+,31+,32?,33+,34+,38-,39-,40+/m1/s1. The molecule has 9 heteroatoms. The molecule has 1 amide bonds. The van der Waals surface area contributed by atoms with E-state index in [-0.39, 0.29) is 52.5 Å². The van der Waals surface area contributed by atoms with Crippen LogP contribution in [0.1, 0.15) is 114 Å². The molecule has 2 aliphatic heterocycles. The zero-order valence-electron chi connectivity index (χ0n) is 32.3. The van der Waals surface area contributed by atoms with E-state index in [9.17, 15) is 15.0 Å². The number of aliphatic hydroxyl groups excluding tert-OH is 1. The van der Waals surface area contributed by atoms with Gasteiger partial charge in [-0.25, -0.2) is 4.79 Å². The Balaban J connectivity index is 1.18. The summed E-state index contributed by atoms with van der Waals surface area (Å²) in [5, 5.41) is 26.6. The van der Waals surface area contributed by atoms with Gasteiger partial charge in [0.15, 0.2) is 0 Å². The maximum atomic E-state index is 13.1. The van der Waals surface area contributed by atoms with Crippen molar-refractivity contribution in [3.05, 3.63) is 0 Å². The highest BCUT2D eigenvalue weighted by atomic mass is 16.6. The van der Waals surface area contributed by atoms with Crippen molar-refractivity contribution in [2.75, 3.05) is 46.0 Å². The number of ether oxygens (including phenoxy) is 4. The van der Waals surface area contributed by atoms with Gasteiger partial charge in [0.1, 0.15) is 12.2 Å². The fourth-order valence-electron chi connectivity index (χ4n) is 12.7. The second-order valence-electron chi connectivity index (χ2n) is 18.9. The first-order valence-electron chi connectivity index (χ1n) is 19.9. The van der Waals surface area contributed by atoms with E-state index < -0.39 is 17.8 Å². The second-order valence-corrected chi connectivity index (χ2v) is 18.9. The van der Waals surface area contributed by atoms with Gasteiger partial charge < -0.3 is 34.5 Å². The van der Waals surface area contributed by atoms with E-state index >= 15 is 0 Å². The average molecular weight is 691 g/mol. The highest BCUT2D eigenvalue weighted by molar-refractivity contribution is 5.67. The van der Waals surface area contributed by atoms with Crippen LogP contribution in [0, 0.1) is 51.2 Å². The van der Waals surface area contributed by atoms with Crippen molar-refractivity contribution < 1.29 is 34.0 Å². The Labute approximate surface area is 296 Å². The smallest absolute Gasteiger partial charge is 0.407 e. The molecule has 0 radical (unpaired) electrons. The zero-order valence-corrected chi connectivity index (χ0v) is 32.3. The number of hydrogen-bond donors (Lipinski definition) is 3. The lowest BCUT2D eigenvalue weighted by molar-refractivity contribution is -0.215. The van der Waals surface area contributed by atoms with Crippen LogP contribution in [-0.2, 0) is 18.9 Å². The van der Waals surface area contributed by atoms with E-state index in [1.54, 1.807) is 0 Å². The third-order valence-corrected chi connectivity index (χ3v) is 15.7. The number of nitrogens with zero attached hydrogens (tertiary/aromatic N) is 1. The number of nitrogens with one attached hydrogen (secondary N) is 1. The van der Waals surface area contributed by atoms with Gasteiger partial charge in [-0.05, 0) is 113 Å². The first kappa shape index (κ1) is 37.8. The number of alkyl carbamates (subject to hydrolysis) is 1. The molecule has 2 saturated heterocycles. The summed E-state index contributed by atoms with van der Waals surface area (Å²) in [4.78, 5) is 15.4. The van der Waals surface area contributed by atoms with E-state index in [2.05, 4.69) is 51.8 Å². The minimum absolute atomic E-state index is 0.0670. The number of fused-ring (bicyclic) bond motifs is 3. The molecule has 2 heterocycles. The molecule has 6 rings (SSSR count). The predicted molar refractivity (Wildman–Crippen MR) is 190 cm³/mol. The maximum absolute atomic E-state index is 13.1. The summed E-state index contributed by atoms with van der Waals surface area (Å²) in [6.45, 7) is 25.1. The summed E-state index contributed by atoms with van der Waals surface area (Å²) >= 11 is 0. The zero-order chi connectivity index (χ0) is 35.6. The molecule has 0 aromatic heterocycles. The molecular formula is C40H70N2O7. The maximum Gasteiger partial charge on any atom is 0.407 e. The molecule has 13 atom stereocenters. The van der Waals surface area contributed by atoms with Crippen LogP contribution in [0.15, 0.2) is 0 Å². The summed E-state index contributed by atoms with van der Waals surface area (Å²) in [6, 6.07) is 0. The number of morpholine rings is 1. The van der Waals surface area contributed by atoms with Gasteiger partial charge in [0.2, 0.25) is 0 Å². The monoisotopic (exact) mass is 691 g/mol. The topological polar surface area (TPSA) is 110 Å². The summed E-state index contributed by atoms with van der Waals surface area (Å²) in [6.07, 6.45) is 6.59. The van der Waals surface area contributed by atoms with E-state index in [1.807, 2.05) is 20.8 Å². The quantitative estimate of drug-likeness (QED) is 0.283. The van der Waals surface area contributed by atoms with Crippen LogP contribution >= 0.6 is 0 Å². The van der Waals surface area contributed by atoms with Gasteiger partial charge >= 0.3 is 6.09 Å². The van der Waals surface area contributed by atoms with Gasteiger partial charge in [0.05, 0.1) is 37.1 Å². The predicted octanol–water partition coefficient (Wildman–Crippen LogP) is 6.04. The fourth-order valence-corrected chi connectivity index (χ4v) is 12.7. The average Bonchev–Trinajstić information content (AvgIpc) is 3.70. The number of carbonyl (C=O) groups is 1. The first-order chi connectivity index (χ1) is 23.0. The van der Waals surface area contributed by atoms with Crippen molar-refractivity contribution in [1.82, 2.24) is 10.2 Å². The molecule has 0 aromatic carbocycles. The highest BCUT2D eigenvalue weighted by Crippen LogP contribution is 2.74. The van der Waals surface area contributed by atoms with Crippen molar-refractivity contribution in [3.8, 4) is 0 Å². The van der Waals surface area contributed by atoms with E-state index in [0.717, 1.165) is 71.4 Å². The number of amides is 1. The first-order valence-corrected chi connectivity index (χ1v) is 19.9. The van der Waals surface area contributed by atoms with Crippen LogP contribution in [0.4, 0.5) is 4.79 Å². The Kier molecular flexibility index (Phi) is 10.6. The Hall–Kier alpha value is -0.970. The van der Waals surface area contributed by atoms with Crippen molar-refractivity contribution in [1.29, 1.82) is 0 Å². The summed E-state index contributed by atoms with van der Waals surface area (Å²) in [5.74, 6) is 2.04. The van der Waals surface area contributed by atoms with Crippen LogP contribution < -0.4 is 5.32 Å². The Bertz CT molecular complexity index is 1170. The molecule has 9 nitrogen and oxygen atoms in total. The normalized spacial score (nSPS) is 46.0. The SMILES string of the molecule is CCO[C@@H](C1C[C@@H](C)[C@H]2C(O1)[C@H](O)[C@@]1(C)C(C)CC[C@H]3C(C)(C)[C@@H](OC(=O)NCCN4CCOCC4)CC[C@@]34CC4CC[C@]21C)C(C)(C)O. The minimum atomic E-state index is -1.04. The summed E-state index contributed by atoms with van der Waals surface area (Å²) in [7, 11) is 0. The van der Waals surface area contributed by atoms with E-state index in [1.165, 1.54) is 12.8 Å². The van der Waals surface area contributed by atoms with Crippen LogP contribution in [0.25, 0.3) is 0 Å². The van der Waals surface area contributed by atoms with Gasteiger partial charge in [-0.15, -0.1) is 0 Å². The molecule has 1 spiro atoms. The molecule has 6 fully saturated rings. The Morgan fingerprint density at radius 1 is 1.06 bits per heavy atom. The molecule has 0 aromatic rings. The molecule has 4 aliphatic carbocycles. The van der Waals surface area contributed by atoms with Crippen LogP contribution in [0.3, 0.4) is 0 Å². The highest BCUT2D eigenvalue weighted by Gasteiger charge is 2.71. The van der Waals surface area contributed by atoms with Crippen molar-refractivity contribution in [3.63, 3.8) is 0 Å². The number of carbonyl (C=O) groups excluding carboxylic acids is 1. The molecule has 0 bridgehead atoms. The Morgan fingerprint density at radius 3 is 2.45 bits per heavy atom. The minimum Gasteiger partial charge on any atom is -0.446 e. The van der Waals surface area contributed by atoms with Crippen LogP contribution in [-0.4, -0.2) is 103 Å². The van der Waals surface area contributed by atoms with Crippen molar-refractivity contribution in [2.45, 2.75) is 150 Å². The van der Waals surface area contributed by atoms with Crippen LogP contribution in [0.2, 0.25) is 0 Å². The molecule has 3 N–H and O–H groups in total. The van der Waals surface area contributed by atoms with Gasteiger partial charge in [-0.3, -0.25) is 4.90 Å². The lowest BCUT2D eigenvalue weighted by atomic mass is 9.51. The largest absolute Gasteiger partial charge is 0.446 e. The van der Waals surface area contributed by atoms with Gasteiger partial charge in [0.25, 0.3) is 0 Å². The fraction of sp³-hybridized carbons (Fsp3) is 0.975. The molecule has 6 aliphatic rings. The molecule has 4 unspecified atom stereocenters. The third kappa shape index (κ3) is 6.51.